The first kappa shape index (κ1) is 39.6. The van der Waals surface area contributed by atoms with E-state index in [2.05, 4.69) is 26.5 Å². The van der Waals surface area contributed by atoms with Crippen LogP contribution in [0, 0.1) is 5.92 Å². The Balaban J connectivity index is 1.11. The van der Waals surface area contributed by atoms with Crippen LogP contribution in [0.3, 0.4) is 0 Å². The zero-order valence-electron chi connectivity index (χ0n) is 30.1. The summed E-state index contributed by atoms with van der Waals surface area (Å²) in [6, 6.07) is 7.15. The van der Waals surface area contributed by atoms with Crippen LogP contribution in [0.25, 0.3) is 0 Å². The van der Waals surface area contributed by atoms with E-state index in [0.717, 1.165) is 11.1 Å². The smallest absolute Gasteiger partial charge is 0.289 e. The molecule has 19 heteroatoms. The van der Waals surface area contributed by atoms with Crippen LogP contribution in [-0.2, 0) is 48.4 Å². The molecule has 2 saturated heterocycles. The van der Waals surface area contributed by atoms with Crippen molar-refractivity contribution in [2.75, 3.05) is 40.4 Å². The fourth-order valence-corrected chi connectivity index (χ4v) is 6.75. The van der Waals surface area contributed by atoms with Gasteiger partial charge < -0.3 is 45.8 Å². The maximum absolute atomic E-state index is 14.5. The lowest BCUT2D eigenvalue weighted by Crippen LogP contribution is -2.51. The van der Waals surface area contributed by atoms with E-state index in [1.54, 1.807) is 38.3 Å². The summed E-state index contributed by atoms with van der Waals surface area (Å²) in [6.45, 7) is -0.591. The van der Waals surface area contributed by atoms with Crippen molar-refractivity contribution in [2.24, 2.45) is 5.92 Å². The van der Waals surface area contributed by atoms with Gasteiger partial charge in [-0.15, -0.1) is 0 Å². The number of carbonyl (C=O) groups is 7. The van der Waals surface area contributed by atoms with Gasteiger partial charge in [-0.2, -0.15) is 0 Å². The zero-order chi connectivity index (χ0) is 39.2. The molecule has 5 rings (SSSR count). The molecule has 6 amide bonds. The predicted octanol–water partition coefficient (Wildman–Crippen LogP) is -1.45. The number of benzene rings is 2. The Hall–Kier alpha value is -5.59. The Bertz CT molecular complexity index is 1830. The van der Waals surface area contributed by atoms with Crippen LogP contribution in [-0.4, -0.2) is 117 Å². The van der Waals surface area contributed by atoms with Gasteiger partial charge in [0.25, 0.3) is 17.7 Å². The number of methoxy groups -OCH3 is 2. The highest BCUT2D eigenvalue weighted by Gasteiger charge is 2.51. The molecule has 3 heterocycles. The lowest BCUT2D eigenvalue weighted by atomic mass is 10.00. The van der Waals surface area contributed by atoms with Crippen molar-refractivity contribution < 1.29 is 51.8 Å². The van der Waals surface area contributed by atoms with E-state index in [0.29, 0.717) is 40.6 Å². The molecule has 3 aliphatic rings. The summed E-state index contributed by atoms with van der Waals surface area (Å²) >= 11 is 0. The Morgan fingerprint density at radius 3 is 2.44 bits per heavy atom. The first-order valence-corrected chi connectivity index (χ1v) is 17.3. The van der Waals surface area contributed by atoms with Gasteiger partial charge in [-0.05, 0) is 41.3 Å². The second kappa shape index (κ2) is 17.0. The molecule has 0 aromatic heterocycles. The molecule has 0 bridgehead atoms. The maximum atomic E-state index is 14.5. The van der Waals surface area contributed by atoms with Gasteiger partial charge in [0.1, 0.15) is 12.1 Å². The van der Waals surface area contributed by atoms with Crippen LogP contribution in [0.4, 0.5) is 8.78 Å². The summed E-state index contributed by atoms with van der Waals surface area (Å²) in [6.07, 6.45) is -1.34. The molecule has 3 atom stereocenters. The van der Waals surface area contributed by atoms with Gasteiger partial charge in [0.05, 0.1) is 27.3 Å². The molecule has 3 aliphatic heterocycles. The summed E-state index contributed by atoms with van der Waals surface area (Å²) in [7, 11) is 4.64. The molecule has 16 nitrogen and oxygen atoms in total. The number of alkyl halides is 2. The number of hydrogen-bond donors (Lipinski definition) is 5. The number of likely N-dealkylation sites (tertiary alicyclic amines) is 1. The largest absolute Gasteiger partial charge is 0.493 e. The number of hydrogen-bond acceptors (Lipinski definition) is 10. The monoisotopic (exact) mass is 753 g/mol. The van der Waals surface area contributed by atoms with Crippen LogP contribution >= 0.6 is 0 Å². The minimum atomic E-state index is -3.46. The van der Waals surface area contributed by atoms with Crippen molar-refractivity contribution in [3.05, 3.63) is 58.7 Å². The van der Waals surface area contributed by atoms with Crippen LogP contribution in [0.2, 0.25) is 0 Å². The molecule has 0 saturated carbocycles. The topological polar surface area (TPSA) is 205 Å². The molecule has 0 spiro atoms. The number of halogens is 2. The third-order valence-electron chi connectivity index (χ3n) is 9.62. The van der Waals surface area contributed by atoms with E-state index in [-0.39, 0.29) is 44.3 Å². The molecule has 288 valence electrons. The third-order valence-corrected chi connectivity index (χ3v) is 9.62. The van der Waals surface area contributed by atoms with Gasteiger partial charge in [0.2, 0.25) is 29.4 Å². The molecule has 0 aliphatic carbocycles. The van der Waals surface area contributed by atoms with E-state index in [1.165, 1.54) is 19.1 Å². The minimum absolute atomic E-state index is 0.0619. The van der Waals surface area contributed by atoms with Crippen LogP contribution < -0.4 is 36.0 Å². The van der Waals surface area contributed by atoms with Crippen LogP contribution in [0.5, 0.6) is 11.5 Å². The molecule has 54 heavy (non-hydrogen) atoms. The highest BCUT2D eigenvalue weighted by atomic mass is 19.3. The van der Waals surface area contributed by atoms with Crippen LogP contribution in [0.1, 0.15) is 46.3 Å². The number of nitrogens with one attached hydrogen (secondary N) is 5. The Morgan fingerprint density at radius 2 is 1.72 bits per heavy atom. The molecule has 2 aromatic rings. The van der Waals surface area contributed by atoms with E-state index >= 15 is 0 Å². The quantitative estimate of drug-likeness (QED) is 0.0813. The van der Waals surface area contributed by atoms with E-state index < -0.39 is 72.8 Å². The highest BCUT2D eigenvalue weighted by molar-refractivity contribution is 6.38. The average Bonchev–Trinajstić information content (AvgIpc) is 3.86. The molecule has 0 radical (unpaired) electrons. The summed E-state index contributed by atoms with van der Waals surface area (Å²) < 4.78 is 39.3. The Morgan fingerprint density at radius 1 is 0.963 bits per heavy atom. The van der Waals surface area contributed by atoms with Gasteiger partial charge in [-0.25, -0.2) is 8.78 Å². The van der Waals surface area contributed by atoms with Crippen molar-refractivity contribution in [3.8, 4) is 11.5 Å². The minimum Gasteiger partial charge on any atom is -0.493 e. The molecular weight excluding hydrogens is 711 g/mol. The van der Waals surface area contributed by atoms with E-state index in [4.69, 9.17) is 9.47 Å². The lowest BCUT2D eigenvalue weighted by molar-refractivity contribution is -0.144. The molecule has 2 aromatic carbocycles. The summed E-state index contributed by atoms with van der Waals surface area (Å²) in [5, 5.41) is 13.0. The Labute approximate surface area is 310 Å². The SMILES string of the molecule is BNCCNC(=O)c1cccc2c1CN(C(=O)C[C@@H]1C[C@@H](C(=O)NCC(=O)N3CC(F)(F)CC3C(=O)C(=O)NCc3ccc(OC)c(OC)c3)NC1=O)C2. The predicted molar refractivity (Wildman–Crippen MR) is 189 cm³/mol. The van der Waals surface area contributed by atoms with E-state index in [1.807, 2.05) is 6.07 Å². The molecule has 1 unspecified atom stereocenters. The third kappa shape index (κ3) is 9.13. The second-order valence-corrected chi connectivity index (χ2v) is 13.3. The summed E-state index contributed by atoms with van der Waals surface area (Å²) in [5.74, 6) is -8.87. The number of Topliss-reactive ketones (excluding diaryl/α,β-unsaturated/α-hetero) is 1. The lowest BCUT2D eigenvalue weighted by Gasteiger charge is -2.23. The average molecular weight is 754 g/mol. The van der Waals surface area contributed by atoms with Gasteiger partial charge in [0.15, 0.2) is 19.5 Å². The van der Waals surface area contributed by atoms with Gasteiger partial charge in [-0.3, -0.25) is 33.6 Å². The molecule has 5 N–H and O–H groups in total. The molecule has 2 fully saturated rings. The maximum Gasteiger partial charge on any atom is 0.289 e. The highest BCUT2D eigenvalue weighted by Crippen LogP contribution is 2.33. The number of ketones is 1. The van der Waals surface area contributed by atoms with Crippen molar-refractivity contribution >= 4 is 49.2 Å². The number of rotatable bonds is 15. The van der Waals surface area contributed by atoms with Gasteiger partial charge in [0, 0.05) is 57.0 Å². The van der Waals surface area contributed by atoms with Gasteiger partial charge in [-0.1, -0.05) is 18.2 Å². The number of nitrogens with zero attached hydrogens (tertiary/aromatic N) is 2. The summed E-state index contributed by atoms with van der Waals surface area (Å²) in [5.41, 5.74) is 2.54. The number of ether oxygens (including phenoxy) is 2. The molecular formula is C35H42BF2N7O9. The number of carbonyl (C=O) groups excluding carboxylic acids is 7. The van der Waals surface area contributed by atoms with E-state index in [9.17, 15) is 42.3 Å². The van der Waals surface area contributed by atoms with Crippen molar-refractivity contribution in [1.29, 1.82) is 0 Å². The van der Waals surface area contributed by atoms with Crippen LogP contribution in [0.15, 0.2) is 36.4 Å². The normalized spacial score (nSPS) is 19.8. The van der Waals surface area contributed by atoms with Crippen molar-refractivity contribution in [3.63, 3.8) is 0 Å². The number of amides is 6. The zero-order valence-corrected chi connectivity index (χ0v) is 30.1. The standard InChI is InChI=1S/C35H42BF2N7O9/c1-53-26-7-6-19(10-27(26)54-2)14-40-34(52)30(48)25-13-35(37,38)18-45(25)29(47)15-41-33(51)24-11-21(31(49)43-24)12-28(46)44-16-20-4-3-5-22(23(20)17-44)32(50)39-8-9-42-36/h3-7,10,21,24-25,42H,8-9,11-18,36H2,1-2H3,(H,39,50)(H,40,52)(H,41,51)(H,43,49)/t21-,24-,25?/m0/s1. The van der Waals surface area contributed by atoms with Crippen molar-refractivity contribution in [1.82, 2.24) is 36.3 Å². The first-order chi connectivity index (χ1) is 25.7. The van der Waals surface area contributed by atoms with Gasteiger partial charge >= 0.3 is 0 Å². The fourth-order valence-electron chi connectivity index (χ4n) is 6.75. The van der Waals surface area contributed by atoms with Crippen molar-refractivity contribution in [2.45, 2.75) is 56.9 Å². The first-order valence-electron chi connectivity index (χ1n) is 17.3. The second-order valence-electron chi connectivity index (χ2n) is 13.3. The fraction of sp³-hybridized carbons (Fsp3) is 0.457. The Kier molecular flexibility index (Phi) is 12.5. The number of fused-ring (bicyclic) bond motifs is 1. The summed E-state index contributed by atoms with van der Waals surface area (Å²) in [4.78, 5) is 92.6.